The third-order valence-electron chi connectivity index (χ3n) is 4.76. The second-order valence-corrected chi connectivity index (χ2v) is 6.86. The average molecular weight is 373 g/mol. The summed E-state index contributed by atoms with van der Waals surface area (Å²) in [5, 5.41) is 4.04. The van der Waals surface area contributed by atoms with E-state index in [4.69, 9.17) is 21.1 Å². The highest BCUT2D eigenvalue weighted by atomic mass is 35.5. The van der Waals surface area contributed by atoms with Crippen molar-refractivity contribution in [2.45, 2.75) is 12.5 Å². The molecule has 4 rings (SSSR count). The minimum Gasteiger partial charge on any atom is -0.490 e. The number of hydrogen-bond donors (Lipinski definition) is 1. The topological polar surface area (TPSA) is 50.8 Å². The molecule has 1 amide bonds. The smallest absolute Gasteiger partial charge is 0.254 e. The molecule has 2 aliphatic heterocycles. The molecule has 1 fully saturated rings. The van der Waals surface area contributed by atoms with Gasteiger partial charge in [-0.25, -0.2) is 0 Å². The van der Waals surface area contributed by atoms with E-state index in [-0.39, 0.29) is 11.9 Å². The molecule has 1 atom stereocenters. The molecular formula is C20H21ClN2O3. The number of piperazine rings is 1. The fraction of sp³-hybridized carbons (Fsp3) is 0.350. The first kappa shape index (κ1) is 17.2. The number of nitrogens with one attached hydrogen (secondary N) is 1. The van der Waals surface area contributed by atoms with Crippen molar-refractivity contribution in [3.63, 3.8) is 0 Å². The number of rotatable bonds is 2. The van der Waals surface area contributed by atoms with Crippen molar-refractivity contribution in [2.24, 2.45) is 0 Å². The van der Waals surface area contributed by atoms with Gasteiger partial charge < -0.3 is 19.7 Å². The Kier molecular flexibility index (Phi) is 5.00. The molecule has 0 saturated carbocycles. The first-order chi connectivity index (χ1) is 12.7. The molecule has 2 heterocycles. The number of benzene rings is 2. The van der Waals surface area contributed by atoms with Crippen LogP contribution in [0.1, 0.15) is 28.4 Å². The molecule has 0 spiro atoms. The van der Waals surface area contributed by atoms with Gasteiger partial charge in [0, 0.05) is 36.6 Å². The molecule has 2 aliphatic rings. The zero-order valence-corrected chi connectivity index (χ0v) is 15.2. The summed E-state index contributed by atoms with van der Waals surface area (Å²) in [6.45, 7) is 3.30. The van der Waals surface area contributed by atoms with E-state index in [1.807, 2.05) is 41.3 Å². The maximum Gasteiger partial charge on any atom is 0.254 e. The largest absolute Gasteiger partial charge is 0.490 e. The lowest BCUT2D eigenvalue weighted by Gasteiger charge is -2.37. The number of carbonyl (C=O) groups is 1. The van der Waals surface area contributed by atoms with Crippen molar-refractivity contribution in [2.75, 3.05) is 32.8 Å². The maximum atomic E-state index is 13.2. The molecule has 0 radical (unpaired) electrons. The van der Waals surface area contributed by atoms with Crippen molar-refractivity contribution in [1.29, 1.82) is 0 Å². The zero-order chi connectivity index (χ0) is 17.9. The number of hydrogen-bond acceptors (Lipinski definition) is 4. The molecule has 1 unspecified atom stereocenters. The molecule has 2 aromatic carbocycles. The highest BCUT2D eigenvalue weighted by Gasteiger charge is 2.30. The van der Waals surface area contributed by atoms with Gasteiger partial charge in [0.2, 0.25) is 0 Å². The molecule has 6 heteroatoms. The second kappa shape index (κ2) is 7.56. The van der Waals surface area contributed by atoms with Crippen molar-refractivity contribution in [1.82, 2.24) is 10.2 Å². The predicted molar refractivity (Wildman–Crippen MR) is 100 cm³/mol. The molecule has 1 N–H and O–H groups in total. The van der Waals surface area contributed by atoms with Crippen molar-refractivity contribution in [3.05, 3.63) is 58.6 Å². The van der Waals surface area contributed by atoms with Crippen molar-refractivity contribution < 1.29 is 14.3 Å². The van der Waals surface area contributed by atoms with Gasteiger partial charge in [0.1, 0.15) is 0 Å². The predicted octanol–water partition coefficient (Wildman–Crippen LogP) is 3.29. The summed E-state index contributed by atoms with van der Waals surface area (Å²) < 4.78 is 11.4. The van der Waals surface area contributed by atoms with E-state index in [9.17, 15) is 4.79 Å². The van der Waals surface area contributed by atoms with Crippen LogP contribution in [0.15, 0.2) is 42.5 Å². The Balaban J connectivity index is 1.63. The molecule has 0 aliphatic carbocycles. The van der Waals surface area contributed by atoms with Crippen LogP contribution in [0.4, 0.5) is 0 Å². The molecule has 2 aromatic rings. The fourth-order valence-electron chi connectivity index (χ4n) is 3.43. The molecular weight excluding hydrogens is 352 g/mol. The Morgan fingerprint density at radius 2 is 1.92 bits per heavy atom. The van der Waals surface area contributed by atoms with Crippen LogP contribution < -0.4 is 14.8 Å². The lowest BCUT2D eigenvalue weighted by atomic mass is 10.0. The second-order valence-electron chi connectivity index (χ2n) is 6.45. The van der Waals surface area contributed by atoms with E-state index >= 15 is 0 Å². The van der Waals surface area contributed by atoms with Crippen LogP contribution in [0.5, 0.6) is 11.5 Å². The van der Waals surface area contributed by atoms with E-state index < -0.39 is 0 Å². The van der Waals surface area contributed by atoms with Crippen LogP contribution in [-0.4, -0.2) is 43.7 Å². The van der Waals surface area contributed by atoms with E-state index in [0.717, 1.165) is 18.5 Å². The molecule has 5 nitrogen and oxygen atoms in total. The Bertz CT molecular complexity index is 811. The average Bonchev–Trinajstić information content (AvgIpc) is 2.92. The lowest BCUT2D eigenvalue weighted by Crippen LogP contribution is -2.48. The molecule has 136 valence electrons. The van der Waals surface area contributed by atoms with Gasteiger partial charge in [-0.15, -0.1) is 0 Å². The van der Waals surface area contributed by atoms with E-state index in [1.54, 1.807) is 6.07 Å². The lowest BCUT2D eigenvalue weighted by molar-refractivity contribution is 0.0634. The number of nitrogens with zero attached hydrogens (tertiary/aromatic N) is 1. The van der Waals surface area contributed by atoms with Gasteiger partial charge in [0.05, 0.1) is 19.3 Å². The number of fused-ring (bicyclic) bond motifs is 1. The van der Waals surface area contributed by atoms with Crippen LogP contribution in [-0.2, 0) is 0 Å². The van der Waals surface area contributed by atoms with Gasteiger partial charge in [-0.2, -0.15) is 0 Å². The van der Waals surface area contributed by atoms with Gasteiger partial charge in [-0.1, -0.05) is 29.8 Å². The number of carbonyl (C=O) groups excluding carboxylic acids is 1. The summed E-state index contributed by atoms with van der Waals surface area (Å²) in [6, 6.07) is 13.0. The Hall–Kier alpha value is -2.24. The first-order valence-electron chi connectivity index (χ1n) is 8.90. The summed E-state index contributed by atoms with van der Waals surface area (Å²) in [7, 11) is 0. The van der Waals surface area contributed by atoms with Crippen LogP contribution in [0, 0.1) is 0 Å². The van der Waals surface area contributed by atoms with Gasteiger partial charge in [0.25, 0.3) is 5.91 Å². The SMILES string of the molecule is O=C(c1ccc2c(c1)OCCCO2)N1CCNCC1c1ccccc1Cl. The Morgan fingerprint density at radius 3 is 2.77 bits per heavy atom. The Morgan fingerprint density at radius 1 is 1.12 bits per heavy atom. The molecule has 0 bridgehead atoms. The van der Waals surface area contributed by atoms with Gasteiger partial charge >= 0.3 is 0 Å². The Labute approximate surface area is 157 Å². The van der Waals surface area contributed by atoms with Gasteiger partial charge in [0.15, 0.2) is 11.5 Å². The number of ether oxygens (including phenoxy) is 2. The number of amides is 1. The third-order valence-corrected chi connectivity index (χ3v) is 5.11. The van der Waals surface area contributed by atoms with Crippen LogP contribution in [0.2, 0.25) is 5.02 Å². The summed E-state index contributed by atoms with van der Waals surface area (Å²) in [6.07, 6.45) is 0.838. The molecule has 26 heavy (non-hydrogen) atoms. The van der Waals surface area contributed by atoms with E-state index in [0.29, 0.717) is 48.4 Å². The van der Waals surface area contributed by atoms with E-state index in [2.05, 4.69) is 5.32 Å². The monoisotopic (exact) mass is 372 g/mol. The summed E-state index contributed by atoms with van der Waals surface area (Å²) >= 11 is 6.38. The zero-order valence-electron chi connectivity index (χ0n) is 14.4. The third kappa shape index (κ3) is 3.37. The first-order valence-corrected chi connectivity index (χ1v) is 9.27. The standard InChI is InChI=1S/C20H21ClN2O3/c21-16-5-2-1-4-15(16)17-13-22-8-9-23(17)20(24)14-6-7-18-19(12-14)26-11-3-10-25-18/h1-2,4-7,12,17,22H,3,8-11,13H2. The van der Waals surface area contributed by atoms with E-state index in [1.165, 1.54) is 0 Å². The molecule has 1 saturated heterocycles. The maximum absolute atomic E-state index is 13.2. The highest BCUT2D eigenvalue weighted by Crippen LogP contribution is 2.33. The van der Waals surface area contributed by atoms with Crippen LogP contribution in [0.25, 0.3) is 0 Å². The fourth-order valence-corrected chi connectivity index (χ4v) is 3.69. The quantitative estimate of drug-likeness (QED) is 0.878. The molecule has 0 aromatic heterocycles. The normalized spacial score (nSPS) is 19.7. The van der Waals surface area contributed by atoms with Crippen LogP contribution in [0.3, 0.4) is 0 Å². The van der Waals surface area contributed by atoms with Gasteiger partial charge in [-0.3, -0.25) is 4.79 Å². The van der Waals surface area contributed by atoms with Crippen molar-refractivity contribution in [3.8, 4) is 11.5 Å². The number of halogens is 1. The highest BCUT2D eigenvalue weighted by molar-refractivity contribution is 6.31. The van der Waals surface area contributed by atoms with Crippen molar-refractivity contribution >= 4 is 17.5 Å². The summed E-state index contributed by atoms with van der Waals surface area (Å²) in [4.78, 5) is 15.1. The van der Waals surface area contributed by atoms with Crippen LogP contribution >= 0.6 is 11.6 Å². The minimum atomic E-state index is -0.0964. The van der Waals surface area contributed by atoms with Gasteiger partial charge in [-0.05, 0) is 29.8 Å². The summed E-state index contributed by atoms with van der Waals surface area (Å²) in [5.74, 6) is 1.31. The minimum absolute atomic E-state index is 0.0212. The summed E-state index contributed by atoms with van der Waals surface area (Å²) in [5.41, 5.74) is 1.57.